The van der Waals surface area contributed by atoms with Crippen LogP contribution in [-0.4, -0.2) is 11.0 Å². The number of benzene rings is 2. The molecule has 138 valence electrons. The van der Waals surface area contributed by atoms with Gasteiger partial charge in [0.1, 0.15) is 0 Å². The molecule has 0 N–H and O–H groups in total. The quantitative estimate of drug-likeness (QED) is 0.443. The summed E-state index contributed by atoms with van der Waals surface area (Å²) in [7, 11) is 0. The van der Waals surface area contributed by atoms with E-state index in [2.05, 4.69) is 72.5 Å². The van der Waals surface area contributed by atoms with Crippen molar-refractivity contribution in [2.75, 3.05) is 4.90 Å². The summed E-state index contributed by atoms with van der Waals surface area (Å²) in [5.74, 6) is 0. The second-order valence-electron chi connectivity index (χ2n) is 7.47. The predicted molar refractivity (Wildman–Crippen MR) is 116 cm³/mol. The first-order valence-corrected chi connectivity index (χ1v) is 10.2. The Balaban J connectivity index is 1.71. The van der Waals surface area contributed by atoms with Gasteiger partial charge in [0.15, 0.2) is 0 Å². The highest BCUT2D eigenvalue weighted by Gasteiger charge is 2.25. The summed E-state index contributed by atoms with van der Waals surface area (Å²) < 4.78 is 0. The van der Waals surface area contributed by atoms with E-state index in [1.54, 1.807) is 0 Å². The van der Waals surface area contributed by atoms with Crippen LogP contribution in [-0.2, 0) is 6.54 Å². The summed E-state index contributed by atoms with van der Waals surface area (Å²) in [6.07, 6.45) is 13.0. The normalized spacial score (nSPS) is 15.9. The second-order valence-corrected chi connectivity index (χ2v) is 7.47. The minimum Gasteiger partial charge on any atom is -0.359 e. The topological polar surface area (TPSA) is 16.1 Å². The van der Waals surface area contributed by atoms with Gasteiger partial charge < -0.3 is 4.90 Å². The molecule has 3 aromatic rings. The number of hydrogen-bond acceptors (Lipinski definition) is 2. The molecule has 1 atom stereocenters. The molecule has 0 saturated heterocycles. The fraction of sp³-hybridized carbons (Fsp3) is 0.320. The first-order chi connectivity index (χ1) is 13.4. The summed E-state index contributed by atoms with van der Waals surface area (Å²) >= 11 is 0. The molecule has 27 heavy (non-hydrogen) atoms. The molecule has 0 saturated carbocycles. The van der Waals surface area contributed by atoms with Crippen molar-refractivity contribution in [1.29, 1.82) is 0 Å². The molecule has 1 aromatic heterocycles. The lowest BCUT2D eigenvalue weighted by molar-refractivity contribution is 0.564. The van der Waals surface area contributed by atoms with E-state index in [0.29, 0.717) is 6.04 Å². The van der Waals surface area contributed by atoms with Crippen LogP contribution in [0.15, 0.2) is 66.9 Å². The highest BCUT2D eigenvalue weighted by Crippen LogP contribution is 2.37. The molecule has 1 aliphatic rings. The third kappa shape index (κ3) is 3.90. The second kappa shape index (κ2) is 8.39. The van der Waals surface area contributed by atoms with Gasteiger partial charge in [0, 0.05) is 24.2 Å². The Bertz CT molecular complexity index is 914. The molecule has 2 heterocycles. The van der Waals surface area contributed by atoms with E-state index in [0.717, 1.165) is 12.1 Å². The van der Waals surface area contributed by atoms with Gasteiger partial charge in [-0.3, -0.25) is 4.98 Å². The van der Waals surface area contributed by atoms with Crippen LogP contribution in [0.5, 0.6) is 0 Å². The Kier molecular flexibility index (Phi) is 5.53. The van der Waals surface area contributed by atoms with Gasteiger partial charge in [0.25, 0.3) is 0 Å². The van der Waals surface area contributed by atoms with Crippen molar-refractivity contribution in [1.82, 2.24) is 4.98 Å². The van der Waals surface area contributed by atoms with Gasteiger partial charge in [-0.25, -0.2) is 0 Å². The van der Waals surface area contributed by atoms with Crippen molar-refractivity contribution < 1.29 is 0 Å². The fourth-order valence-corrected chi connectivity index (χ4v) is 4.07. The van der Waals surface area contributed by atoms with Crippen LogP contribution in [0.4, 0.5) is 5.69 Å². The Morgan fingerprint density at radius 3 is 2.67 bits per heavy atom. The molecule has 0 radical (unpaired) electrons. The summed E-state index contributed by atoms with van der Waals surface area (Å²) in [5.41, 5.74) is 5.04. The summed E-state index contributed by atoms with van der Waals surface area (Å²) in [6, 6.07) is 19.9. The Morgan fingerprint density at radius 1 is 0.926 bits per heavy atom. The number of unbranched alkanes of at least 4 members (excludes halogenated alkanes) is 3. The summed E-state index contributed by atoms with van der Waals surface area (Å²) in [5, 5.41) is 1.22. The lowest BCUT2D eigenvalue weighted by Gasteiger charge is -2.36. The molecule has 0 aliphatic carbocycles. The number of anilines is 1. The SMILES string of the molecule is CCCCCCC1C=Cc2ccc3cccnc3c2N1Cc1ccccc1. The zero-order valence-corrected chi connectivity index (χ0v) is 16.1. The maximum atomic E-state index is 4.75. The molecule has 0 fully saturated rings. The van der Waals surface area contributed by atoms with Crippen LogP contribution >= 0.6 is 0 Å². The van der Waals surface area contributed by atoms with Gasteiger partial charge in [0.05, 0.1) is 11.2 Å². The standard InChI is InChI=1S/C25H28N2/c1-2-3-4-8-13-23-17-16-22-15-14-21-12-9-18-26-24(21)25(22)27(23)19-20-10-6-5-7-11-20/h5-7,9-12,14-18,23H,2-4,8,13,19H2,1H3. The predicted octanol–water partition coefficient (Wildman–Crippen LogP) is 6.61. The number of fused-ring (bicyclic) bond motifs is 3. The average molecular weight is 357 g/mol. The minimum absolute atomic E-state index is 0.433. The maximum Gasteiger partial charge on any atom is 0.0941 e. The number of hydrogen-bond donors (Lipinski definition) is 0. The molecule has 0 spiro atoms. The molecule has 2 heteroatoms. The minimum atomic E-state index is 0.433. The first kappa shape index (κ1) is 17.8. The molecule has 4 rings (SSSR count). The van der Waals surface area contributed by atoms with Crippen molar-refractivity contribution in [2.24, 2.45) is 0 Å². The van der Waals surface area contributed by atoms with Crippen molar-refractivity contribution in [3.05, 3.63) is 78.0 Å². The number of aromatic nitrogens is 1. The molecule has 2 aromatic carbocycles. The third-order valence-electron chi connectivity index (χ3n) is 5.51. The van der Waals surface area contributed by atoms with Crippen molar-refractivity contribution in [3.8, 4) is 0 Å². The van der Waals surface area contributed by atoms with E-state index in [-0.39, 0.29) is 0 Å². The van der Waals surface area contributed by atoms with Crippen LogP contribution in [0, 0.1) is 0 Å². The van der Waals surface area contributed by atoms with E-state index < -0.39 is 0 Å². The van der Waals surface area contributed by atoms with E-state index in [1.165, 1.54) is 54.3 Å². The molecule has 2 nitrogen and oxygen atoms in total. The molecular weight excluding hydrogens is 328 g/mol. The largest absolute Gasteiger partial charge is 0.359 e. The zero-order chi connectivity index (χ0) is 18.5. The smallest absolute Gasteiger partial charge is 0.0941 e. The van der Waals surface area contributed by atoms with E-state index in [1.807, 2.05) is 12.3 Å². The van der Waals surface area contributed by atoms with Crippen LogP contribution in [0.3, 0.4) is 0 Å². The first-order valence-electron chi connectivity index (χ1n) is 10.2. The maximum absolute atomic E-state index is 4.75. The van der Waals surface area contributed by atoms with Gasteiger partial charge in [-0.05, 0) is 23.6 Å². The molecular formula is C25H28N2. The molecule has 1 unspecified atom stereocenters. The molecule has 0 amide bonds. The number of nitrogens with zero attached hydrogens (tertiary/aromatic N) is 2. The lowest BCUT2D eigenvalue weighted by Crippen LogP contribution is -2.36. The summed E-state index contributed by atoms with van der Waals surface area (Å²) in [6.45, 7) is 3.20. The number of rotatable bonds is 7. The van der Waals surface area contributed by atoms with Crippen LogP contribution in [0.1, 0.15) is 50.2 Å². The van der Waals surface area contributed by atoms with Crippen molar-refractivity contribution >= 4 is 22.7 Å². The fourth-order valence-electron chi connectivity index (χ4n) is 4.07. The van der Waals surface area contributed by atoms with E-state index >= 15 is 0 Å². The van der Waals surface area contributed by atoms with Crippen LogP contribution in [0.2, 0.25) is 0 Å². The Hall–Kier alpha value is -2.61. The van der Waals surface area contributed by atoms with Gasteiger partial charge in [-0.15, -0.1) is 0 Å². The van der Waals surface area contributed by atoms with E-state index in [4.69, 9.17) is 4.98 Å². The van der Waals surface area contributed by atoms with Gasteiger partial charge >= 0.3 is 0 Å². The summed E-state index contributed by atoms with van der Waals surface area (Å²) in [4.78, 5) is 7.33. The average Bonchev–Trinajstić information content (AvgIpc) is 2.72. The Morgan fingerprint density at radius 2 is 1.81 bits per heavy atom. The van der Waals surface area contributed by atoms with Crippen LogP contribution < -0.4 is 4.90 Å². The molecule has 1 aliphatic heterocycles. The van der Waals surface area contributed by atoms with Crippen molar-refractivity contribution in [3.63, 3.8) is 0 Å². The third-order valence-corrected chi connectivity index (χ3v) is 5.51. The molecule has 0 bridgehead atoms. The lowest BCUT2D eigenvalue weighted by atomic mass is 9.96. The Labute approximate surface area is 162 Å². The highest BCUT2D eigenvalue weighted by atomic mass is 15.2. The van der Waals surface area contributed by atoms with Gasteiger partial charge in [-0.1, -0.05) is 93.3 Å². The highest BCUT2D eigenvalue weighted by molar-refractivity contribution is 5.96. The van der Waals surface area contributed by atoms with Crippen LogP contribution in [0.25, 0.3) is 17.0 Å². The van der Waals surface area contributed by atoms with E-state index in [9.17, 15) is 0 Å². The number of pyridine rings is 1. The monoisotopic (exact) mass is 356 g/mol. The van der Waals surface area contributed by atoms with Crippen molar-refractivity contribution in [2.45, 2.75) is 51.6 Å². The van der Waals surface area contributed by atoms with Gasteiger partial charge in [0.2, 0.25) is 0 Å². The zero-order valence-electron chi connectivity index (χ0n) is 16.1. The van der Waals surface area contributed by atoms with Gasteiger partial charge in [-0.2, -0.15) is 0 Å².